The third-order valence-electron chi connectivity index (χ3n) is 3.43. The van der Waals surface area contributed by atoms with Gasteiger partial charge in [-0.1, -0.05) is 19.1 Å². The molecule has 2 amide bonds. The number of anilines is 1. The van der Waals surface area contributed by atoms with Gasteiger partial charge in [0, 0.05) is 17.8 Å². The van der Waals surface area contributed by atoms with Crippen molar-refractivity contribution in [2.24, 2.45) is 0 Å². The molecular formula is C20H24N2O3. The molecule has 0 fully saturated rings. The van der Waals surface area contributed by atoms with Crippen molar-refractivity contribution >= 4 is 17.5 Å². The van der Waals surface area contributed by atoms with Gasteiger partial charge in [-0.05, 0) is 56.7 Å². The summed E-state index contributed by atoms with van der Waals surface area (Å²) >= 11 is 0. The molecule has 0 saturated heterocycles. The summed E-state index contributed by atoms with van der Waals surface area (Å²) in [6.45, 7) is 6.47. The maximum absolute atomic E-state index is 12.5. The predicted octanol–water partition coefficient (Wildman–Crippen LogP) is 3.87. The minimum absolute atomic E-state index is 0.0186. The van der Waals surface area contributed by atoms with Crippen LogP contribution < -0.4 is 15.4 Å². The molecule has 5 heteroatoms. The lowest BCUT2D eigenvalue weighted by atomic mass is 10.1. The molecule has 0 unspecified atom stereocenters. The summed E-state index contributed by atoms with van der Waals surface area (Å²) in [5, 5.41) is 5.65. The monoisotopic (exact) mass is 340 g/mol. The normalized spacial score (nSPS) is 10.4. The van der Waals surface area contributed by atoms with E-state index in [0.29, 0.717) is 29.1 Å². The van der Waals surface area contributed by atoms with Crippen molar-refractivity contribution in [1.82, 2.24) is 5.32 Å². The number of hydrogen-bond acceptors (Lipinski definition) is 3. The van der Waals surface area contributed by atoms with Crippen molar-refractivity contribution in [1.29, 1.82) is 0 Å². The first-order valence-electron chi connectivity index (χ1n) is 8.46. The molecule has 2 rings (SSSR count). The number of amides is 2. The average molecular weight is 340 g/mol. The lowest BCUT2D eigenvalue weighted by molar-refractivity contribution is 0.0953. The van der Waals surface area contributed by atoms with Crippen LogP contribution in [-0.4, -0.2) is 24.5 Å². The average Bonchev–Trinajstić information content (AvgIpc) is 2.60. The topological polar surface area (TPSA) is 67.4 Å². The Morgan fingerprint density at radius 3 is 2.32 bits per heavy atom. The quantitative estimate of drug-likeness (QED) is 0.804. The van der Waals surface area contributed by atoms with Gasteiger partial charge in [0.2, 0.25) is 0 Å². The van der Waals surface area contributed by atoms with Crippen LogP contribution in [0.2, 0.25) is 0 Å². The van der Waals surface area contributed by atoms with Gasteiger partial charge in [-0.2, -0.15) is 0 Å². The Kier molecular flexibility index (Phi) is 6.57. The summed E-state index contributed by atoms with van der Waals surface area (Å²) in [6.07, 6.45) is 0.868. The van der Waals surface area contributed by atoms with Crippen molar-refractivity contribution in [2.45, 2.75) is 33.3 Å². The van der Waals surface area contributed by atoms with Gasteiger partial charge in [-0.3, -0.25) is 9.59 Å². The number of benzene rings is 2. The molecule has 0 aliphatic heterocycles. The van der Waals surface area contributed by atoms with E-state index >= 15 is 0 Å². The van der Waals surface area contributed by atoms with Crippen molar-refractivity contribution in [3.63, 3.8) is 0 Å². The van der Waals surface area contributed by atoms with E-state index in [1.54, 1.807) is 42.5 Å². The SMILES string of the molecule is CCCNC(=O)c1ccc(NC(=O)c2ccccc2OC(C)C)cc1. The highest BCUT2D eigenvalue weighted by molar-refractivity contribution is 6.06. The maximum Gasteiger partial charge on any atom is 0.259 e. The molecule has 5 nitrogen and oxygen atoms in total. The molecular weight excluding hydrogens is 316 g/mol. The largest absolute Gasteiger partial charge is 0.490 e. The van der Waals surface area contributed by atoms with Gasteiger partial charge in [-0.15, -0.1) is 0 Å². The minimum Gasteiger partial charge on any atom is -0.490 e. The highest BCUT2D eigenvalue weighted by atomic mass is 16.5. The first-order chi connectivity index (χ1) is 12.0. The number of ether oxygens (including phenoxy) is 1. The third kappa shape index (κ3) is 5.35. The summed E-state index contributed by atoms with van der Waals surface area (Å²) in [4.78, 5) is 24.4. The molecule has 0 aliphatic rings. The van der Waals surface area contributed by atoms with Crippen molar-refractivity contribution in [2.75, 3.05) is 11.9 Å². The van der Waals surface area contributed by atoms with Crippen LogP contribution in [0.4, 0.5) is 5.69 Å². The lowest BCUT2D eigenvalue weighted by Gasteiger charge is -2.14. The van der Waals surface area contributed by atoms with Gasteiger partial charge in [-0.25, -0.2) is 0 Å². The van der Waals surface area contributed by atoms with Crippen LogP contribution in [0.25, 0.3) is 0 Å². The second-order valence-electron chi connectivity index (χ2n) is 5.95. The molecule has 0 saturated carbocycles. The highest BCUT2D eigenvalue weighted by Crippen LogP contribution is 2.21. The summed E-state index contributed by atoms with van der Waals surface area (Å²) in [6, 6.07) is 13.9. The standard InChI is InChI=1S/C20H24N2O3/c1-4-13-21-19(23)15-9-11-16(12-10-15)22-20(24)17-7-5-6-8-18(17)25-14(2)3/h5-12,14H,4,13H2,1-3H3,(H,21,23)(H,22,24). The van der Waals surface area contributed by atoms with Crippen molar-refractivity contribution in [3.8, 4) is 5.75 Å². The Morgan fingerprint density at radius 2 is 1.68 bits per heavy atom. The number of rotatable bonds is 7. The zero-order valence-corrected chi connectivity index (χ0v) is 14.8. The van der Waals surface area contributed by atoms with E-state index in [0.717, 1.165) is 6.42 Å². The summed E-state index contributed by atoms with van der Waals surface area (Å²) < 4.78 is 5.68. The smallest absolute Gasteiger partial charge is 0.259 e. The number of hydrogen-bond donors (Lipinski definition) is 2. The van der Waals surface area contributed by atoms with E-state index in [1.807, 2.05) is 26.8 Å². The third-order valence-corrected chi connectivity index (χ3v) is 3.43. The maximum atomic E-state index is 12.5. The first kappa shape index (κ1) is 18.5. The first-order valence-corrected chi connectivity index (χ1v) is 8.46. The van der Waals surface area contributed by atoms with Crippen LogP contribution in [0.5, 0.6) is 5.75 Å². The summed E-state index contributed by atoms with van der Waals surface area (Å²) in [5.74, 6) is 0.181. The van der Waals surface area contributed by atoms with Crippen LogP contribution in [0.15, 0.2) is 48.5 Å². The number of nitrogens with one attached hydrogen (secondary N) is 2. The van der Waals surface area contributed by atoms with Crippen molar-refractivity contribution in [3.05, 3.63) is 59.7 Å². The molecule has 0 atom stereocenters. The second-order valence-corrected chi connectivity index (χ2v) is 5.95. The number of para-hydroxylation sites is 1. The van der Waals surface area contributed by atoms with Gasteiger partial charge >= 0.3 is 0 Å². The van der Waals surface area contributed by atoms with Gasteiger partial charge in [0.25, 0.3) is 11.8 Å². The van der Waals surface area contributed by atoms with Crippen LogP contribution in [-0.2, 0) is 0 Å². The molecule has 0 bridgehead atoms. The van der Waals surface area contributed by atoms with Gasteiger partial charge < -0.3 is 15.4 Å². The molecule has 0 radical (unpaired) electrons. The fourth-order valence-corrected chi connectivity index (χ4v) is 2.25. The van der Waals surface area contributed by atoms with E-state index in [4.69, 9.17) is 4.74 Å². The lowest BCUT2D eigenvalue weighted by Crippen LogP contribution is -2.23. The van der Waals surface area contributed by atoms with Gasteiger partial charge in [0.05, 0.1) is 11.7 Å². The Morgan fingerprint density at radius 1 is 1.00 bits per heavy atom. The molecule has 25 heavy (non-hydrogen) atoms. The molecule has 2 aromatic rings. The van der Waals surface area contributed by atoms with Crippen LogP contribution >= 0.6 is 0 Å². The van der Waals surface area contributed by atoms with Gasteiger partial charge in [0.1, 0.15) is 5.75 Å². The van der Waals surface area contributed by atoms with Crippen LogP contribution in [0.1, 0.15) is 47.9 Å². The highest BCUT2D eigenvalue weighted by Gasteiger charge is 2.13. The number of carbonyl (C=O) groups excluding carboxylic acids is 2. The van der Waals surface area contributed by atoms with Crippen molar-refractivity contribution < 1.29 is 14.3 Å². The molecule has 0 heterocycles. The van der Waals surface area contributed by atoms with Gasteiger partial charge in [0.15, 0.2) is 0 Å². The molecule has 0 aliphatic carbocycles. The summed E-state index contributed by atoms with van der Waals surface area (Å²) in [5.41, 5.74) is 1.66. The van der Waals surface area contributed by atoms with E-state index in [-0.39, 0.29) is 17.9 Å². The Hall–Kier alpha value is -2.82. The zero-order valence-electron chi connectivity index (χ0n) is 14.8. The fourth-order valence-electron chi connectivity index (χ4n) is 2.25. The molecule has 0 aromatic heterocycles. The van der Waals surface area contributed by atoms with Crippen LogP contribution in [0.3, 0.4) is 0 Å². The Labute approximate surface area is 148 Å². The molecule has 2 N–H and O–H groups in total. The Bertz CT molecular complexity index is 724. The number of carbonyl (C=O) groups is 2. The second kappa shape index (κ2) is 8.87. The molecule has 132 valence electrons. The molecule has 2 aromatic carbocycles. The van der Waals surface area contributed by atoms with E-state index < -0.39 is 0 Å². The van der Waals surface area contributed by atoms with Crippen LogP contribution in [0, 0.1) is 0 Å². The van der Waals surface area contributed by atoms with E-state index in [9.17, 15) is 9.59 Å². The fraction of sp³-hybridized carbons (Fsp3) is 0.300. The molecule has 0 spiro atoms. The Balaban J connectivity index is 2.07. The summed E-state index contributed by atoms with van der Waals surface area (Å²) in [7, 11) is 0. The predicted molar refractivity (Wildman–Crippen MR) is 99.2 cm³/mol. The minimum atomic E-state index is -0.251. The van der Waals surface area contributed by atoms with E-state index in [2.05, 4.69) is 10.6 Å². The van der Waals surface area contributed by atoms with E-state index in [1.165, 1.54) is 0 Å². The zero-order chi connectivity index (χ0) is 18.2.